The predicted molar refractivity (Wildman–Crippen MR) is 101 cm³/mol. The number of benzene rings is 2. The first kappa shape index (κ1) is 15.5. The Morgan fingerprint density at radius 1 is 1.12 bits per heavy atom. The topological polar surface area (TPSA) is 62.3 Å². The van der Waals surface area contributed by atoms with Crippen molar-refractivity contribution in [2.45, 2.75) is 18.4 Å². The van der Waals surface area contributed by atoms with E-state index in [1.807, 2.05) is 35.4 Å². The molecule has 0 bridgehead atoms. The second kappa shape index (κ2) is 5.64. The highest BCUT2D eigenvalue weighted by molar-refractivity contribution is 7.13. The maximum absolute atomic E-state index is 12.6. The predicted octanol–water partition coefficient (Wildman–Crippen LogP) is 3.07. The number of amides is 2. The number of nitrogens with zero attached hydrogens (tertiary/aromatic N) is 2. The van der Waals surface area contributed by atoms with Gasteiger partial charge in [-0.1, -0.05) is 18.2 Å². The van der Waals surface area contributed by atoms with E-state index in [-0.39, 0.29) is 17.4 Å². The molecule has 2 fully saturated rings. The number of fused-ring (bicyclic) bond motifs is 1. The van der Waals surface area contributed by atoms with E-state index in [0.29, 0.717) is 25.1 Å². The zero-order valence-electron chi connectivity index (χ0n) is 14.1. The number of hydrogen-bond donors (Lipinski definition) is 1. The van der Waals surface area contributed by atoms with E-state index in [1.54, 1.807) is 0 Å². The third kappa shape index (κ3) is 2.49. The van der Waals surface area contributed by atoms with E-state index in [2.05, 4.69) is 27.9 Å². The second-order valence-electron chi connectivity index (χ2n) is 7.15. The Balaban J connectivity index is 1.32. The molecule has 2 aliphatic rings. The fraction of sp³-hybridized carbons (Fsp3) is 0.250. The fourth-order valence-electron chi connectivity index (χ4n) is 3.88. The number of carbonyl (C=O) groups excluding carboxylic acids is 2. The lowest BCUT2D eigenvalue weighted by Crippen LogP contribution is -2.68. The Bertz CT molecular complexity index is 1020. The Kier molecular flexibility index (Phi) is 3.37. The minimum absolute atomic E-state index is 0.0285. The number of carbonyl (C=O) groups is 2. The lowest BCUT2D eigenvalue weighted by Gasteiger charge is -2.47. The lowest BCUT2D eigenvalue weighted by atomic mass is 9.87. The minimum atomic E-state index is -0.170. The van der Waals surface area contributed by atoms with Gasteiger partial charge in [0.25, 0.3) is 5.91 Å². The quantitative estimate of drug-likeness (QED) is 0.761. The van der Waals surface area contributed by atoms with Crippen molar-refractivity contribution in [3.63, 3.8) is 0 Å². The van der Waals surface area contributed by atoms with Gasteiger partial charge in [-0.05, 0) is 53.3 Å². The molecule has 130 valence electrons. The van der Waals surface area contributed by atoms with Crippen LogP contribution in [0.5, 0.6) is 0 Å². The van der Waals surface area contributed by atoms with Crippen LogP contribution in [0.25, 0.3) is 21.2 Å². The van der Waals surface area contributed by atoms with Gasteiger partial charge in [-0.15, -0.1) is 0 Å². The minimum Gasteiger partial charge on any atom is -0.347 e. The zero-order chi connectivity index (χ0) is 17.7. The van der Waals surface area contributed by atoms with E-state index in [4.69, 9.17) is 0 Å². The summed E-state index contributed by atoms with van der Waals surface area (Å²) < 4.78 is 5.38. The van der Waals surface area contributed by atoms with Crippen molar-refractivity contribution in [3.8, 4) is 11.1 Å². The van der Waals surface area contributed by atoms with E-state index in [0.717, 1.165) is 22.9 Å². The molecular weight excluding hydrogens is 346 g/mol. The number of aromatic nitrogens is 1. The van der Waals surface area contributed by atoms with Crippen LogP contribution in [0.15, 0.2) is 48.7 Å². The van der Waals surface area contributed by atoms with Gasteiger partial charge in [0.15, 0.2) is 0 Å². The standard InChI is InChI=1S/C20H17N3O2S/c24-18-7-8-20(22-18)11-23(12-20)19(25)14-3-1-13(2-4-14)15-5-6-17-16(9-15)10-21-26-17/h1-6,9-10H,7-8,11-12H2,(H,22,24). The SMILES string of the molecule is O=C1CCC2(CN(C(=O)c3ccc(-c4ccc5sncc5c4)cc3)C2)N1. The first-order valence-corrected chi connectivity index (χ1v) is 9.44. The molecule has 0 unspecified atom stereocenters. The average molecular weight is 363 g/mol. The Morgan fingerprint density at radius 2 is 1.88 bits per heavy atom. The third-order valence-corrected chi connectivity index (χ3v) is 6.11. The molecule has 0 radical (unpaired) electrons. The zero-order valence-corrected chi connectivity index (χ0v) is 14.9. The van der Waals surface area contributed by atoms with Gasteiger partial charge in [0.05, 0.1) is 10.2 Å². The van der Waals surface area contributed by atoms with Crippen molar-refractivity contribution in [2.75, 3.05) is 13.1 Å². The first-order valence-electron chi connectivity index (χ1n) is 8.67. The molecule has 1 spiro atoms. The van der Waals surface area contributed by atoms with E-state index in [9.17, 15) is 9.59 Å². The van der Waals surface area contributed by atoms with Gasteiger partial charge in [-0.25, -0.2) is 0 Å². The average Bonchev–Trinajstić information content (AvgIpc) is 3.26. The summed E-state index contributed by atoms with van der Waals surface area (Å²) in [5.41, 5.74) is 2.72. The monoisotopic (exact) mass is 363 g/mol. The van der Waals surface area contributed by atoms with Crippen molar-refractivity contribution in [1.82, 2.24) is 14.6 Å². The molecule has 3 heterocycles. The summed E-state index contributed by atoms with van der Waals surface area (Å²) in [5, 5.41) is 4.15. The molecule has 3 aromatic rings. The number of rotatable bonds is 2. The molecule has 6 heteroatoms. The molecule has 0 saturated carbocycles. The van der Waals surface area contributed by atoms with Crippen molar-refractivity contribution < 1.29 is 9.59 Å². The molecule has 2 amide bonds. The highest BCUT2D eigenvalue weighted by Gasteiger charge is 2.49. The normalized spacial score (nSPS) is 18.2. The molecule has 1 aromatic heterocycles. The van der Waals surface area contributed by atoms with Gasteiger partial charge in [0.2, 0.25) is 5.91 Å². The molecule has 26 heavy (non-hydrogen) atoms. The highest BCUT2D eigenvalue weighted by atomic mass is 32.1. The van der Waals surface area contributed by atoms with Crippen LogP contribution in [0.3, 0.4) is 0 Å². The van der Waals surface area contributed by atoms with E-state index < -0.39 is 0 Å². The maximum Gasteiger partial charge on any atom is 0.254 e. The van der Waals surface area contributed by atoms with Crippen molar-refractivity contribution in [1.29, 1.82) is 0 Å². The highest BCUT2D eigenvalue weighted by Crippen LogP contribution is 2.32. The van der Waals surface area contributed by atoms with Crippen LogP contribution in [0.4, 0.5) is 0 Å². The maximum atomic E-state index is 12.6. The van der Waals surface area contributed by atoms with Crippen molar-refractivity contribution >= 4 is 33.4 Å². The molecule has 2 aliphatic heterocycles. The van der Waals surface area contributed by atoms with Gasteiger partial charge >= 0.3 is 0 Å². The van der Waals surface area contributed by atoms with Crippen molar-refractivity contribution in [3.05, 3.63) is 54.2 Å². The van der Waals surface area contributed by atoms with Crippen LogP contribution in [-0.4, -0.2) is 39.7 Å². The van der Waals surface area contributed by atoms with Crippen LogP contribution in [0.1, 0.15) is 23.2 Å². The number of hydrogen-bond acceptors (Lipinski definition) is 4. The molecular formula is C20H17N3O2S. The molecule has 0 atom stereocenters. The molecule has 2 saturated heterocycles. The van der Waals surface area contributed by atoms with Gasteiger partial charge in [0.1, 0.15) is 0 Å². The lowest BCUT2D eigenvalue weighted by molar-refractivity contribution is -0.120. The Morgan fingerprint density at radius 3 is 2.62 bits per heavy atom. The van der Waals surface area contributed by atoms with Crippen LogP contribution >= 0.6 is 11.5 Å². The van der Waals surface area contributed by atoms with Crippen LogP contribution in [-0.2, 0) is 4.79 Å². The van der Waals surface area contributed by atoms with E-state index in [1.165, 1.54) is 16.2 Å². The number of nitrogens with one attached hydrogen (secondary N) is 1. The fourth-order valence-corrected chi connectivity index (χ4v) is 4.50. The molecule has 2 aromatic carbocycles. The first-order chi connectivity index (χ1) is 12.6. The molecule has 5 nitrogen and oxygen atoms in total. The number of likely N-dealkylation sites (tertiary alicyclic amines) is 1. The van der Waals surface area contributed by atoms with Crippen LogP contribution in [0.2, 0.25) is 0 Å². The largest absolute Gasteiger partial charge is 0.347 e. The summed E-state index contributed by atoms with van der Waals surface area (Å²) in [5.74, 6) is 0.125. The van der Waals surface area contributed by atoms with E-state index >= 15 is 0 Å². The van der Waals surface area contributed by atoms with Gasteiger partial charge in [-0.2, -0.15) is 4.37 Å². The van der Waals surface area contributed by atoms with Crippen LogP contribution < -0.4 is 5.32 Å². The Hall–Kier alpha value is -2.73. The van der Waals surface area contributed by atoms with Gasteiger partial charge in [0, 0.05) is 36.7 Å². The van der Waals surface area contributed by atoms with Crippen LogP contribution in [0, 0.1) is 0 Å². The smallest absolute Gasteiger partial charge is 0.254 e. The molecule has 5 rings (SSSR count). The van der Waals surface area contributed by atoms with Gasteiger partial charge < -0.3 is 10.2 Å². The summed E-state index contributed by atoms with van der Waals surface area (Å²) in [6, 6.07) is 14.0. The Labute approximate surface area is 154 Å². The van der Waals surface area contributed by atoms with Gasteiger partial charge in [-0.3, -0.25) is 9.59 Å². The van der Waals surface area contributed by atoms with Crippen molar-refractivity contribution in [2.24, 2.45) is 0 Å². The summed E-state index contributed by atoms with van der Waals surface area (Å²) >= 11 is 1.49. The molecule has 1 N–H and O–H groups in total. The second-order valence-corrected chi connectivity index (χ2v) is 7.98. The summed E-state index contributed by atoms with van der Waals surface area (Å²) in [6.07, 6.45) is 3.28. The summed E-state index contributed by atoms with van der Waals surface area (Å²) in [7, 11) is 0. The molecule has 0 aliphatic carbocycles. The summed E-state index contributed by atoms with van der Waals surface area (Å²) in [4.78, 5) is 25.9. The summed E-state index contributed by atoms with van der Waals surface area (Å²) in [6.45, 7) is 1.22. The third-order valence-electron chi connectivity index (χ3n) is 5.33.